The van der Waals surface area contributed by atoms with Crippen molar-refractivity contribution in [2.45, 2.75) is 53.4 Å². The minimum atomic E-state index is 0.550. The van der Waals surface area contributed by atoms with Gasteiger partial charge in [0, 0.05) is 0 Å². The van der Waals surface area contributed by atoms with Crippen molar-refractivity contribution in [2.24, 2.45) is 63.6 Å². The van der Waals surface area contributed by atoms with Crippen molar-refractivity contribution in [1.82, 2.24) is 0 Å². The maximum atomic E-state index is 4.39. The molecule has 23 heavy (non-hydrogen) atoms. The van der Waals surface area contributed by atoms with Crippen molar-refractivity contribution in [2.75, 3.05) is 0 Å². The quantitative estimate of drug-likeness (QED) is 0.430. The highest BCUT2D eigenvalue weighted by molar-refractivity contribution is 5.33. The number of fused-ring (bicyclic) bond motifs is 16. The Kier molecular flexibility index (Phi) is 2.11. The average Bonchev–Trinajstić information content (AvgIpc) is 3.21. The largest absolute Gasteiger partial charge is 0.0998 e. The molecule has 0 aromatic carbocycles. The first-order chi connectivity index (χ1) is 10.8. The van der Waals surface area contributed by atoms with E-state index in [1.54, 1.807) is 6.42 Å². The Morgan fingerprint density at radius 3 is 2.43 bits per heavy atom. The first kappa shape index (κ1) is 13.7. The summed E-state index contributed by atoms with van der Waals surface area (Å²) in [7, 11) is 0. The summed E-state index contributed by atoms with van der Waals surface area (Å²) < 4.78 is 0. The van der Waals surface area contributed by atoms with E-state index in [1.807, 2.05) is 0 Å². The Morgan fingerprint density at radius 2 is 1.70 bits per heavy atom. The van der Waals surface area contributed by atoms with E-state index in [9.17, 15) is 0 Å². The van der Waals surface area contributed by atoms with E-state index in [4.69, 9.17) is 0 Å². The third kappa shape index (κ3) is 1.23. The lowest BCUT2D eigenvalue weighted by atomic mass is 9.50. The highest BCUT2D eigenvalue weighted by Crippen LogP contribution is 2.85. The van der Waals surface area contributed by atoms with Gasteiger partial charge in [-0.2, -0.15) is 0 Å². The lowest BCUT2D eigenvalue weighted by Crippen LogP contribution is -2.49. The van der Waals surface area contributed by atoms with Crippen molar-refractivity contribution in [3.8, 4) is 0 Å². The summed E-state index contributed by atoms with van der Waals surface area (Å²) in [4.78, 5) is 0. The molecule has 6 bridgehead atoms. The minimum Gasteiger partial charge on any atom is -0.0998 e. The van der Waals surface area contributed by atoms with Crippen LogP contribution in [0.5, 0.6) is 0 Å². The molecule has 0 aliphatic heterocycles. The molecule has 0 N–H and O–H groups in total. The second-order valence-electron chi connectivity index (χ2n) is 11.4. The van der Waals surface area contributed by atoms with Crippen LogP contribution in [0.3, 0.4) is 0 Å². The molecule has 11 atom stereocenters. The standard InChI is InChI=1S/C23H32/c1-12(2)14-9-22(4)10-15(14)20-19(22)16-11-23(20,5)17-13-6-7-21(3,8-13)18(16)17/h6-7,13-20H,1,8-11H2,2-5H3. The summed E-state index contributed by atoms with van der Waals surface area (Å²) in [6.45, 7) is 14.7. The van der Waals surface area contributed by atoms with Crippen LogP contribution >= 0.6 is 0 Å². The summed E-state index contributed by atoms with van der Waals surface area (Å²) in [5.74, 6) is 7.84. The summed E-state index contributed by atoms with van der Waals surface area (Å²) in [6.07, 6.45) is 11.2. The number of allylic oxidation sites excluding steroid dienone is 3. The maximum absolute atomic E-state index is 4.39. The van der Waals surface area contributed by atoms with Crippen LogP contribution in [0.1, 0.15) is 53.4 Å². The zero-order valence-corrected chi connectivity index (χ0v) is 15.3. The van der Waals surface area contributed by atoms with Gasteiger partial charge in [0.1, 0.15) is 0 Å². The molecule has 0 aromatic heterocycles. The van der Waals surface area contributed by atoms with Crippen LogP contribution in [0.2, 0.25) is 0 Å². The fourth-order valence-corrected chi connectivity index (χ4v) is 10.3. The third-order valence-electron chi connectivity index (χ3n) is 10.3. The molecule has 0 amide bonds. The molecular formula is C23H32. The van der Waals surface area contributed by atoms with Crippen molar-refractivity contribution < 1.29 is 0 Å². The van der Waals surface area contributed by atoms with Crippen LogP contribution in [0, 0.1) is 63.6 Å². The fourth-order valence-electron chi connectivity index (χ4n) is 10.3. The molecule has 6 rings (SSSR count). The Hall–Kier alpha value is -0.520. The SMILES string of the molecule is C=C(C)C1CC2(C)CC1C1C2C2CC1(C)C1C3C=CC(C)(C3)C21. The molecule has 0 spiro atoms. The van der Waals surface area contributed by atoms with Crippen LogP contribution in [-0.4, -0.2) is 0 Å². The van der Waals surface area contributed by atoms with Gasteiger partial charge in [-0.05, 0) is 96.2 Å². The van der Waals surface area contributed by atoms with Gasteiger partial charge in [-0.3, -0.25) is 0 Å². The lowest BCUT2D eigenvalue weighted by Gasteiger charge is -2.54. The Bertz CT molecular complexity index is 657. The van der Waals surface area contributed by atoms with Gasteiger partial charge in [0.2, 0.25) is 0 Å². The number of hydrogen-bond acceptors (Lipinski definition) is 0. The molecule has 124 valence electrons. The average molecular weight is 309 g/mol. The first-order valence-electron chi connectivity index (χ1n) is 10.1. The molecule has 5 saturated carbocycles. The maximum Gasteiger partial charge on any atom is -0.0107 e. The van der Waals surface area contributed by atoms with E-state index in [0.717, 1.165) is 47.3 Å². The topological polar surface area (TPSA) is 0 Å². The van der Waals surface area contributed by atoms with Gasteiger partial charge < -0.3 is 0 Å². The van der Waals surface area contributed by atoms with Gasteiger partial charge in [-0.1, -0.05) is 45.1 Å². The predicted molar refractivity (Wildman–Crippen MR) is 94.7 cm³/mol. The van der Waals surface area contributed by atoms with Crippen molar-refractivity contribution >= 4 is 0 Å². The first-order valence-corrected chi connectivity index (χ1v) is 10.1. The number of hydrogen-bond donors (Lipinski definition) is 0. The van der Waals surface area contributed by atoms with Crippen molar-refractivity contribution in [1.29, 1.82) is 0 Å². The molecule has 0 heteroatoms. The normalized spacial score (nSPS) is 69.6. The van der Waals surface area contributed by atoms with E-state index < -0.39 is 0 Å². The van der Waals surface area contributed by atoms with Crippen molar-refractivity contribution in [3.63, 3.8) is 0 Å². The zero-order chi connectivity index (χ0) is 15.9. The molecule has 0 nitrogen and oxygen atoms in total. The molecule has 5 fully saturated rings. The fraction of sp³-hybridized carbons (Fsp3) is 0.826. The molecule has 0 saturated heterocycles. The van der Waals surface area contributed by atoms with Gasteiger partial charge in [0.25, 0.3) is 0 Å². The predicted octanol–water partition coefficient (Wildman–Crippen LogP) is 5.71. The summed E-state index contributed by atoms with van der Waals surface area (Å²) in [5, 5.41) is 0. The van der Waals surface area contributed by atoms with Crippen LogP contribution < -0.4 is 0 Å². The van der Waals surface area contributed by atoms with Crippen LogP contribution in [-0.2, 0) is 0 Å². The third-order valence-corrected chi connectivity index (χ3v) is 10.3. The van der Waals surface area contributed by atoms with E-state index >= 15 is 0 Å². The van der Waals surface area contributed by atoms with Crippen molar-refractivity contribution in [3.05, 3.63) is 24.3 Å². The second kappa shape index (κ2) is 3.54. The molecule has 11 unspecified atom stereocenters. The van der Waals surface area contributed by atoms with Gasteiger partial charge in [0.15, 0.2) is 0 Å². The molecule has 0 radical (unpaired) electrons. The Balaban J connectivity index is 1.49. The molecule has 0 heterocycles. The van der Waals surface area contributed by atoms with E-state index in [-0.39, 0.29) is 0 Å². The Labute approximate surface area is 141 Å². The van der Waals surface area contributed by atoms with Gasteiger partial charge in [0.05, 0.1) is 0 Å². The van der Waals surface area contributed by atoms with Gasteiger partial charge in [-0.15, -0.1) is 0 Å². The Morgan fingerprint density at radius 1 is 0.913 bits per heavy atom. The minimum absolute atomic E-state index is 0.550. The molecule has 6 aliphatic rings. The van der Waals surface area contributed by atoms with Crippen LogP contribution in [0.25, 0.3) is 0 Å². The van der Waals surface area contributed by atoms with E-state index in [1.165, 1.54) is 24.8 Å². The molecular weight excluding hydrogens is 276 g/mol. The van der Waals surface area contributed by atoms with Crippen LogP contribution in [0.4, 0.5) is 0 Å². The van der Waals surface area contributed by atoms with Gasteiger partial charge >= 0.3 is 0 Å². The second-order valence-corrected chi connectivity index (χ2v) is 11.4. The van der Waals surface area contributed by atoms with E-state index in [0.29, 0.717) is 16.2 Å². The summed E-state index contributed by atoms with van der Waals surface area (Å²) >= 11 is 0. The van der Waals surface area contributed by atoms with Gasteiger partial charge in [-0.25, -0.2) is 0 Å². The van der Waals surface area contributed by atoms with E-state index in [2.05, 4.69) is 46.4 Å². The smallest absolute Gasteiger partial charge is 0.0107 e. The monoisotopic (exact) mass is 308 g/mol. The number of rotatable bonds is 1. The molecule has 0 aromatic rings. The summed E-state index contributed by atoms with van der Waals surface area (Å²) in [5.41, 5.74) is 3.31. The van der Waals surface area contributed by atoms with Crippen LogP contribution in [0.15, 0.2) is 24.3 Å². The highest BCUT2D eigenvalue weighted by atomic mass is 14.8. The molecule has 6 aliphatic carbocycles. The zero-order valence-electron chi connectivity index (χ0n) is 15.3. The lowest BCUT2D eigenvalue weighted by molar-refractivity contribution is -0.0474. The highest BCUT2D eigenvalue weighted by Gasteiger charge is 2.79. The summed E-state index contributed by atoms with van der Waals surface area (Å²) in [6, 6.07) is 0.